The Labute approximate surface area is 204 Å². The highest BCUT2D eigenvalue weighted by atomic mass is 35.5. The molecule has 1 spiro atoms. The summed E-state index contributed by atoms with van der Waals surface area (Å²) in [6.07, 6.45) is -0.136. The van der Waals surface area contributed by atoms with Crippen LogP contribution in [0.2, 0.25) is 5.02 Å². The number of aliphatic carboxylic acids is 1. The topological polar surface area (TPSA) is 134 Å². The average Bonchev–Trinajstić information content (AvgIpc) is 3.55. The second-order valence-corrected chi connectivity index (χ2v) is 9.47. The highest BCUT2D eigenvalue weighted by molar-refractivity contribution is 6.35. The summed E-state index contributed by atoms with van der Waals surface area (Å²) in [5.41, 5.74) is 0.0109. The molecule has 2 saturated heterocycles. The van der Waals surface area contributed by atoms with E-state index in [0.717, 1.165) is 4.90 Å². The monoisotopic (exact) mass is 497 g/mol. The highest BCUT2D eigenvalue weighted by Crippen LogP contribution is 2.54. The lowest BCUT2D eigenvalue weighted by Crippen LogP contribution is -2.53. The molecule has 4 unspecified atom stereocenters. The van der Waals surface area contributed by atoms with Crippen LogP contribution in [0.1, 0.15) is 24.0 Å². The van der Waals surface area contributed by atoms with Crippen LogP contribution >= 0.6 is 11.6 Å². The van der Waals surface area contributed by atoms with Crippen molar-refractivity contribution in [3.8, 4) is 11.5 Å². The zero-order valence-corrected chi connectivity index (χ0v) is 19.0. The predicted octanol–water partition coefficient (Wildman–Crippen LogP) is 1.85. The minimum atomic E-state index is -1.52. The molecule has 180 valence electrons. The van der Waals surface area contributed by atoms with Crippen LogP contribution < -0.4 is 20.1 Å². The summed E-state index contributed by atoms with van der Waals surface area (Å²) in [5, 5.41) is 15.5. The Morgan fingerprint density at radius 3 is 2.74 bits per heavy atom. The number of para-hydroxylation sites is 1. The molecule has 0 radical (unpaired) electrons. The minimum Gasteiger partial charge on any atom is -0.481 e. The quantitative estimate of drug-likeness (QED) is 0.533. The number of amides is 3. The van der Waals surface area contributed by atoms with Crippen LogP contribution in [0.15, 0.2) is 36.4 Å². The Bertz CT molecular complexity index is 1310. The molecule has 4 aliphatic rings. The van der Waals surface area contributed by atoms with Crippen molar-refractivity contribution in [2.45, 2.75) is 31.0 Å². The Hall–Kier alpha value is -3.63. The van der Waals surface area contributed by atoms with Gasteiger partial charge in [-0.15, -0.1) is 0 Å². The van der Waals surface area contributed by atoms with E-state index in [1.54, 1.807) is 36.4 Å². The highest BCUT2D eigenvalue weighted by Gasteiger charge is 2.70. The van der Waals surface area contributed by atoms with Crippen molar-refractivity contribution in [2.75, 3.05) is 12.1 Å². The molecule has 3 N–H and O–H groups in total. The first-order valence-electron chi connectivity index (χ1n) is 11.1. The smallest absolute Gasteiger partial charge is 0.303 e. The third kappa shape index (κ3) is 3.06. The van der Waals surface area contributed by atoms with Crippen LogP contribution in [-0.4, -0.2) is 46.5 Å². The summed E-state index contributed by atoms with van der Waals surface area (Å²) < 4.78 is 10.7. The molecular weight excluding hydrogens is 478 g/mol. The number of anilines is 1. The Morgan fingerprint density at radius 1 is 1.14 bits per heavy atom. The van der Waals surface area contributed by atoms with Crippen molar-refractivity contribution in [1.82, 2.24) is 10.2 Å². The Kier molecular flexibility index (Phi) is 4.81. The van der Waals surface area contributed by atoms with Gasteiger partial charge < -0.3 is 19.9 Å². The van der Waals surface area contributed by atoms with Crippen LogP contribution in [0.5, 0.6) is 11.5 Å². The minimum absolute atomic E-state index is 0.00689. The summed E-state index contributed by atoms with van der Waals surface area (Å²) >= 11 is 6.32. The summed E-state index contributed by atoms with van der Waals surface area (Å²) in [6, 6.07) is 9.48. The predicted molar refractivity (Wildman–Crippen MR) is 121 cm³/mol. The standard InChI is InChI=1S/C24H20ClN3O7/c25-13-3-1-2-12-20(13)26-23(33)24(12)19-18(14(27-24)5-7-17(29)30)21(31)28(22(19)32)9-11-4-6-15-16(8-11)35-10-34-15/h1-4,6,8,14,18-19,27H,5,7,9-10H2,(H,26,33)(H,29,30). The van der Waals surface area contributed by atoms with E-state index in [0.29, 0.717) is 33.3 Å². The first kappa shape index (κ1) is 21.9. The van der Waals surface area contributed by atoms with E-state index >= 15 is 0 Å². The largest absolute Gasteiger partial charge is 0.481 e. The number of hydrogen-bond acceptors (Lipinski definition) is 7. The Balaban J connectivity index is 1.40. The maximum absolute atomic E-state index is 13.8. The molecule has 4 heterocycles. The van der Waals surface area contributed by atoms with Gasteiger partial charge in [0.15, 0.2) is 11.5 Å². The SMILES string of the molecule is O=C(O)CCC1NC2(C(=O)Nc3c(Cl)cccc32)C2C(=O)N(Cc3ccc4c(c3)OCO4)C(=O)C12. The van der Waals surface area contributed by atoms with Gasteiger partial charge in [0.2, 0.25) is 24.5 Å². The number of carbonyl (C=O) groups excluding carboxylic acids is 3. The van der Waals surface area contributed by atoms with Crippen molar-refractivity contribution in [3.63, 3.8) is 0 Å². The number of nitrogens with one attached hydrogen (secondary N) is 2. The van der Waals surface area contributed by atoms with Crippen molar-refractivity contribution in [1.29, 1.82) is 0 Å². The van der Waals surface area contributed by atoms with Gasteiger partial charge in [0, 0.05) is 18.0 Å². The molecule has 11 heteroatoms. The van der Waals surface area contributed by atoms with Gasteiger partial charge >= 0.3 is 5.97 Å². The number of ether oxygens (including phenoxy) is 2. The van der Waals surface area contributed by atoms with E-state index < -0.39 is 47.1 Å². The summed E-state index contributed by atoms with van der Waals surface area (Å²) in [4.78, 5) is 53.3. The fourth-order valence-electron chi connectivity index (χ4n) is 5.76. The first-order chi connectivity index (χ1) is 16.8. The van der Waals surface area contributed by atoms with Crippen molar-refractivity contribution >= 4 is 41.0 Å². The summed E-state index contributed by atoms with van der Waals surface area (Å²) in [6.45, 7) is 0.0914. The number of benzene rings is 2. The maximum atomic E-state index is 13.8. The molecular formula is C24H20ClN3O7. The molecule has 4 aliphatic heterocycles. The first-order valence-corrected chi connectivity index (χ1v) is 11.5. The summed E-state index contributed by atoms with van der Waals surface area (Å²) in [5.74, 6) is -3.28. The molecule has 35 heavy (non-hydrogen) atoms. The number of halogens is 1. The van der Waals surface area contributed by atoms with Gasteiger partial charge in [-0.1, -0.05) is 29.8 Å². The zero-order valence-electron chi connectivity index (χ0n) is 18.2. The number of carboxylic acid groups (broad SMARTS) is 1. The molecule has 10 nitrogen and oxygen atoms in total. The molecule has 2 aromatic carbocycles. The lowest BCUT2D eigenvalue weighted by Gasteiger charge is -2.29. The number of carbonyl (C=O) groups is 4. The second-order valence-electron chi connectivity index (χ2n) is 9.06. The van der Waals surface area contributed by atoms with E-state index in [-0.39, 0.29) is 26.2 Å². The van der Waals surface area contributed by atoms with Gasteiger partial charge in [-0.3, -0.25) is 29.4 Å². The molecule has 3 amide bonds. The number of hydrogen-bond donors (Lipinski definition) is 3. The van der Waals surface area contributed by atoms with Gasteiger partial charge in [-0.2, -0.15) is 0 Å². The van der Waals surface area contributed by atoms with Crippen molar-refractivity contribution < 1.29 is 33.8 Å². The lowest BCUT2D eigenvalue weighted by molar-refractivity contribution is -0.144. The normalized spacial score (nSPS) is 28.0. The molecule has 2 fully saturated rings. The molecule has 6 rings (SSSR count). The number of nitrogens with zero attached hydrogens (tertiary/aromatic N) is 1. The van der Waals surface area contributed by atoms with E-state index in [9.17, 15) is 24.3 Å². The van der Waals surface area contributed by atoms with Crippen LogP contribution in [0.3, 0.4) is 0 Å². The number of likely N-dealkylation sites (tertiary alicyclic amines) is 1. The third-order valence-corrected chi connectivity index (χ3v) is 7.55. The van der Waals surface area contributed by atoms with Crippen molar-refractivity contribution in [2.24, 2.45) is 11.8 Å². The van der Waals surface area contributed by atoms with Crippen LogP contribution in [-0.2, 0) is 31.3 Å². The van der Waals surface area contributed by atoms with Crippen molar-refractivity contribution in [3.05, 3.63) is 52.5 Å². The van der Waals surface area contributed by atoms with Crippen LogP contribution in [0.25, 0.3) is 0 Å². The van der Waals surface area contributed by atoms with Gasteiger partial charge in [0.05, 0.1) is 29.1 Å². The van der Waals surface area contributed by atoms with Crippen LogP contribution in [0, 0.1) is 11.8 Å². The number of rotatable bonds is 5. The van der Waals surface area contributed by atoms with E-state index in [2.05, 4.69) is 10.6 Å². The maximum Gasteiger partial charge on any atom is 0.303 e. The molecule has 2 aromatic rings. The van der Waals surface area contributed by atoms with E-state index in [4.69, 9.17) is 21.1 Å². The van der Waals surface area contributed by atoms with Crippen LogP contribution in [0.4, 0.5) is 5.69 Å². The Morgan fingerprint density at radius 2 is 1.94 bits per heavy atom. The number of imide groups is 1. The molecule has 0 saturated carbocycles. The second kappa shape index (κ2) is 7.69. The third-order valence-electron chi connectivity index (χ3n) is 7.24. The zero-order chi connectivity index (χ0) is 24.5. The summed E-state index contributed by atoms with van der Waals surface area (Å²) in [7, 11) is 0. The van der Waals surface area contributed by atoms with E-state index in [1.807, 2.05) is 0 Å². The molecule has 4 atom stereocenters. The average molecular weight is 498 g/mol. The number of fused-ring (bicyclic) bond motifs is 5. The fourth-order valence-corrected chi connectivity index (χ4v) is 5.98. The molecule has 0 aliphatic carbocycles. The lowest BCUT2D eigenvalue weighted by atomic mass is 9.76. The van der Waals surface area contributed by atoms with Gasteiger partial charge in [-0.25, -0.2) is 0 Å². The van der Waals surface area contributed by atoms with Gasteiger partial charge in [0.25, 0.3) is 0 Å². The fraction of sp³-hybridized carbons (Fsp3) is 0.333. The molecule has 0 aromatic heterocycles. The molecule has 0 bridgehead atoms. The number of carboxylic acids is 1. The van der Waals surface area contributed by atoms with Gasteiger partial charge in [-0.05, 0) is 30.2 Å². The van der Waals surface area contributed by atoms with E-state index in [1.165, 1.54) is 0 Å². The van der Waals surface area contributed by atoms with Gasteiger partial charge in [0.1, 0.15) is 5.54 Å².